The summed E-state index contributed by atoms with van der Waals surface area (Å²) in [7, 11) is 0. The van der Waals surface area contributed by atoms with Gasteiger partial charge in [0.25, 0.3) is 0 Å². The minimum Gasteiger partial charge on any atom is -0.370 e. The normalized spacial score (nSPS) is 10.9. The van der Waals surface area contributed by atoms with E-state index >= 15 is 0 Å². The van der Waals surface area contributed by atoms with Crippen LogP contribution in [0.25, 0.3) is 10.7 Å². The summed E-state index contributed by atoms with van der Waals surface area (Å²) in [4.78, 5) is 12.2. The summed E-state index contributed by atoms with van der Waals surface area (Å²) < 4.78 is 1.98. The van der Waals surface area contributed by atoms with E-state index in [0.717, 1.165) is 21.6 Å². The number of aryl methyl sites for hydroxylation is 1. The van der Waals surface area contributed by atoms with Crippen molar-refractivity contribution in [3.8, 4) is 10.7 Å². The smallest absolute Gasteiger partial charge is 0.219 e. The van der Waals surface area contributed by atoms with Gasteiger partial charge in [-0.2, -0.15) is 0 Å². The second-order valence-corrected chi connectivity index (χ2v) is 7.32. The summed E-state index contributed by atoms with van der Waals surface area (Å²) in [5.74, 6) is 1.27. The van der Waals surface area contributed by atoms with Crippen molar-refractivity contribution in [2.45, 2.75) is 30.8 Å². The number of aromatic nitrogens is 3. The predicted molar refractivity (Wildman–Crippen MR) is 97.9 cm³/mol. The molecule has 7 heteroatoms. The van der Waals surface area contributed by atoms with Crippen molar-refractivity contribution in [2.24, 2.45) is 5.73 Å². The van der Waals surface area contributed by atoms with Crippen molar-refractivity contribution < 1.29 is 4.79 Å². The summed E-state index contributed by atoms with van der Waals surface area (Å²) in [6.45, 7) is 2.57. The Labute approximate surface area is 148 Å². The van der Waals surface area contributed by atoms with Crippen LogP contribution in [0.15, 0.2) is 46.9 Å². The van der Waals surface area contributed by atoms with Gasteiger partial charge in [0.1, 0.15) is 0 Å². The summed E-state index contributed by atoms with van der Waals surface area (Å²) in [5, 5.41) is 11.4. The summed E-state index contributed by atoms with van der Waals surface area (Å²) in [6.07, 6.45) is 0.272. The molecule has 0 atom stereocenters. The number of thioether (sulfide) groups is 1. The van der Waals surface area contributed by atoms with Gasteiger partial charge in [0.05, 0.1) is 4.88 Å². The summed E-state index contributed by atoms with van der Waals surface area (Å²) >= 11 is 3.22. The third-order valence-corrected chi connectivity index (χ3v) is 5.43. The number of carbonyl (C=O) groups excluding carboxylic acids is 1. The number of primary amides is 1. The van der Waals surface area contributed by atoms with Crippen LogP contribution in [0.3, 0.4) is 0 Å². The van der Waals surface area contributed by atoms with Crippen molar-refractivity contribution in [3.63, 3.8) is 0 Å². The maximum Gasteiger partial charge on any atom is 0.219 e. The zero-order valence-corrected chi connectivity index (χ0v) is 14.9. The molecule has 0 saturated carbocycles. The molecule has 0 unspecified atom stereocenters. The maximum absolute atomic E-state index is 11.2. The molecular weight excluding hydrogens is 340 g/mol. The lowest BCUT2D eigenvalue weighted by Crippen LogP contribution is -2.14. The molecule has 2 aromatic heterocycles. The van der Waals surface area contributed by atoms with Gasteiger partial charge in [-0.1, -0.05) is 47.7 Å². The number of thiophene rings is 1. The molecule has 0 saturated heterocycles. The molecule has 1 aromatic carbocycles. The van der Waals surface area contributed by atoms with Gasteiger partial charge < -0.3 is 10.3 Å². The highest BCUT2D eigenvalue weighted by atomic mass is 32.2. The Kier molecular flexibility index (Phi) is 5.32. The molecule has 0 aliphatic heterocycles. The van der Waals surface area contributed by atoms with Crippen LogP contribution in [0.2, 0.25) is 0 Å². The second kappa shape index (κ2) is 7.63. The molecule has 5 nitrogen and oxygen atoms in total. The van der Waals surface area contributed by atoms with Crippen molar-refractivity contribution in [2.75, 3.05) is 0 Å². The Bertz CT molecular complexity index is 810. The number of hydrogen-bond donors (Lipinski definition) is 1. The minimum atomic E-state index is -0.324. The van der Waals surface area contributed by atoms with Crippen LogP contribution in [0, 0.1) is 6.92 Å². The van der Waals surface area contributed by atoms with Crippen LogP contribution in [0.5, 0.6) is 0 Å². The van der Waals surface area contributed by atoms with E-state index in [2.05, 4.69) is 41.4 Å². The van der Waals surface area contributed by atoms with Crippen LogP contribution >= 0.6 is 23.1 Å². The number of nitrogens with zero attached hydrogens (tertiary/aromatic N) is 3. The monoisotopic (exact) mass is 358 g/mol. The van der Waals surface area contributed by atoms with E-state index < -0.39 is 0 Å². The van der Waals surface area contributed by atoms with E-state index in [1.54, 1.807) is 23.1 Å². The first kappa shape index (κ1) is 16.7. The molecule has 2 N–H and O–H groups in total. The first-order chi connectivity index (χ1) is 11.6. The Morgan fingerprint density at radius 1 is 1.25 bits per heavy atom. The molecule has 0 bridgehead atoms. The Hall–Kier alpha value is -2.12. The second-order valence-electron chi connectivity index (χ2n) is 5.43. The van der Waals surface area contributed by atoms with E-state index in [-0.39, 0.29) is 12.3 Å². The first-order valence-corrected chi connectivity index (χ1v) is 9.44. The Balaban J connectivity index is 1.81. The fourth-order valence-electron chi connectivity index (χ4n) is 2.24. The van der Waals surface area contributed by atoms with Crippen molar-refractivity contribution in [1.29, 1.82) is 0 Å². The number of hydrogen-bond acceptors (Lipinski definition) is 5. The minimum absolute atomic E-state index is 0.272. The number of nitrogens with two attached hydrogens (primary N) is 1. The number of rotatable bonds is 7. The third-order valence-electron chi connectivity index (χ3n) is 3.53. The molecule has 0 fully saturated rings. The van der Waals surface area contributed by atoms with Gasteiger partial charge in [0.15, 0.2) is 11.0 Å². The Morgan fingerprint density at radius 3 is 2.71 bits per heavy atom. The Morgan fingerprint density at radius 2 is 2.04 bits per heavy atom. The van der Waals surface area contributed by atoms with Gasteiger partial charge in [0.2, 0.25) is 5.91 Å². The van der Waals surface area contributed by atoms with Crippen molar-refractivity contribution in [3.05, 3.63) is 52.9 Å². The quantitative estimate of drug-likeness (QED) is 0.656. The van der Waals surface area contributed by atoms with Crippen LogP contribution < -0.4 is 5.73 Å². The highest BCUT2D eigenvalue weighted by Gasteiger charge is 2.15. The van der Waals surface area contributed by atoms with E-state index in [4.69, 9.17) is 5.73 Å². The number of amides is 1. The van der Waals surface area contributed by atoms with E-state index in [1.807, 2.05) is 22.1 Å². The first-order valence-electron chi connectivity index (χ1n) is 7.57. The largest absolute Gasteiger partial charge is 0.370 e. The van der Waals surface area contributed by atoms with Crippen LogP contribution in [-0.2, 0) is 17.1 Å². The summed E-state index contributed by atoms with van der Waals surface area (Å²) in [6, 6.07) is 12.4. The van der Waals surface area contributed by atoms with Crippen molar-refractivity contribution in [1.82, 2.24) is 14.8 Å². The molecule has 1 amide bonds. The molecule has 0 aliphatic carbocycles. The topological polar surface area (TPSA) is 73.8 Å². The molecule has 3 rings (SSSR count). The van der Waals surface area contributed by atoms with Gasteiger partial charge in [0, 0.05) is 18.7 Å². The maximum atomic E-state index is 11.2. The highest BCUT2D eigenvalue weighted by molar-refractivity contribution is 7.98. The average molecular weight is 358 g/mol. The standard InChI is InChI=1S/C17H18N4OS2/c1-12-4-6-13(7-5-12)11-24-17-20-19-16(14-3-2-10-23-14)21(17)9-8-15(18)22/h2-7,10H,8-9,11H2,1H3,(H2,18,22). The highest BCUT2D eigenvalue weighted by Crippen LogP contribution is 2.29. The average Bonchev–Trinajstić information content (AvgIpc) is 3.21. The van der Waals surface area contributed by atoms with Gasteiger partial charge >= 0.3 is 0 Å². The SMILES string of the molecule is Cc1ccc(CSc2nnc(-c3cccs3)n2CCC(N)=O)cc1. The predicted octanol–water partition coefficient (Wildman–Crippen LogP) is 3.48. The zero-order valence-electron chi connectivity index (χ0n) is 13.3. The van der Waals surface area contributed by atoms with Crippen molar-refractivity contribution >= 4 is 29.0 Å². The lowest BCUT2D eigenvalue weighted by atomic mass is 10.2. The molecule has 24 heavy (non-hydrogen) atoms. The van der Waals surface area contributed by atoms with E-state index in [1.165, 1.54) is 11.1 Å². The fraction of sp³-hybridized carbons (Fsp3) is 0.235. The van der Waals surface area contributed by atoms with Gasteiger partial charge in [-0.25, -0.2) is 0 Å². The molecule has 0 spiro atoms. The van der Waals surface area contributed by atoms with E-state index in [0.29, 0.717) is 6.54 Å². The number of benzene rings is 1. The zero-order chi connectivity index (χ0) is 16.9. The molecule has 3 aromatic rings. The summed E-state index contributed by atoms with van der Waals surface area (Å²) in [5.41, 5.74) is 7.78. The molecule has 2 heterocycles. The number of carbonyl (C=O) groups is 1. The lowest BCUT2D eigenvalue weighted by molar-refractivity contribution is -0.118. The third kappa shape index (κ3) is 4.04. The molecule has 0 aliphatic rings. The fourth-order valence-corrected chi connectivity index (χ4v) is 3.88. The molecular formula is C17H18N4OS2. The van der Waals surface area contributed by atoms with Gasteiger partial charge in [-0.05, 0) is 23.9 Å². The lowest BCUT2D eigenvalue weighted by Gasteiger charge is -2.08. The van der Waals surface area contributed by atoms with Crippen LogP contribution in [-0.4, -0.2) is 20.7 Å². The van der Waals surface area contributed by atoms with E-state index in [9.17, 15) is 4.79 Å². The van der Waals surface area contributed by atoms with Crippen LogP contribution in [0.1, 0.15) is 17.5 Å². The van der Waals surface area contributed by atoms with Gasteiger partial charge in [-0.3, -0.25) is 4.79 Å². The molecule has 124 valence electrons. The van der Waals surface area contributed by atoms with Gasteiger partial charge in [-0.15, -0.1) is 21.5 Å². The molecule has 0 radical (unpaired) electrons. The van der Waals surface area contributed by atoms with Crippen LogP contribution in [0.4, 0.5) is 0 Å².